The second-order valence-electron chi connectivity index (χ2n) is 9.05. The Morgan fingerprint density at radius 2 is 1.94 bits per heavy atom. The fraction of sp³-hybridized carbons (Fsp3) is 0.321. The van der Waals surface area contributed by atoms with Crippen molar-refractivity contribution in [1.29, 1.82) is 5.41 Å². The maximum Gasteiger partial charge on any atom is 0.137 e. The van der Waals surface area contributed by atoms with E-state index in [1.54, 1.807) is 19.4 Å². The molecular weight excluding hydrogens is 454 g/mol. The molecule has 8 nitrogen and oxygen atoms in total. The van der Waals surface area contributed by atoms with Crippen LogP contribution in [0, 0.1) is 5.41 Å². The van der Waals surface area contributed by atoms with Crippen LogP contribution >= 0.6 is 0 Å². The summed E-state index contributed by atoms with van der Waals surface area (Å²) in [6.45, 7) is 6.30. The number of hydrogen-bond donors (Lipinski definition) is 4. The van der Waals surface area contributed by atoms with Crippen molar-refractivity contribution in [2.75, 3.05) is 19.0 Å². The first-order valence-electron chi connectivity index (χ1n) is 12.2. The molecule has 0 bridgehead atoms. The largest absolute Gasteiger partial charge is 0.497 e. The third-order valence-electron chi connectivity index (χ3n) is 5.82. The summed E-state index contributed by atoms with van der Waals surface area (Å²) in [4.78, 5) is 12.6. The monoisotopic (exact) mass is 487 g/mol. The van der Waals surface area contributed by atoms with Gasteiger partial charge in [0.15, 0.2) is 0 Å². The molecule has 0 aliphatic rings. The normalized spacial score (nSPS) is 12.1. The first-order valence-corrected chi connectivity index (χ1v) is 12.2. The predicted molar refractivity (Wildman–Crippen MR) is 144 cm³/mol. The third-order valence-corrected chi connectivity index (χ3v) is 5.82. The topological polar surface area (TPSA) is 116 Å². The molecule has 4 aromatic rings. The van der Waals surface area contributed by atoms with Gasteiger partial charge in [0.05, 0.1) is 18.9 Å². The highest BCUT2D eigenvalue weighted by Gasteiger charge is 2.17. The van der Waals surface area contributed by atoms with Gasteiger partial charge in [-0.2, -0.15) is 0 Å². The van der Waals surface area contributed by atoms with Crippen LogP contribution in [0.25, 0.3) is 33.4 Å². The van der Waals surface area contributed by atoms with Crippen molar-refractivity contribution in [3.8, 4) is 33.9 Å². The number of aliphatic hydroxyl groups excluding tert-OH is 1. The fourth-order valence-electron chi connectivity index (χ4n) is 4.09. The smallest absolute Gasteiger partial charge is 0.137 e. The second-order valence-corrected chi connectivity index (χ2v) is 9.05. The molecule has 0 aliphatic heterocycles. The van der Waals surface area contributed by atoms with Crippen LogP contribution in [0.3, 0.4) is 0 Å². The van der Waals surface area contributed by atoms with Crippen molar-refractivity contribution in [3.63, 3.8) is 0 Å². The van der Waals surface area contributed by atoms with Crippen molar-refractivity contribution in [2.45, 2.75) is 45.8 Å². The summed E-state index contributed by atoms with van der Waals surface area (Å²) >= 11 is 0. The molecule has 0 aliphatic carbocycles. The number of nitrogens with zero attached hydrogens (tertiary/aromatic N) is 2. The second kappa shape index (κ2) is 11.2. The number of aliphatic hydroxyl groups is 1. The molecule has 0 saturated carbocycles. The van der Waals surface area contributed by atoms with Crippen LogP contribution in [0.4, 0.5) is 5.82 Å². The third kappa shape index (κ3) is 5.66. The number of aromatic amines is 1. The van der Waals surface area contributed by atoms with Gasteiger partial charge in [-0.25, -0.2) is 9.97 Å². The van der Waals surface area contributed by atoms with E-state index in [2.05, 4.69) is 21.4 Å². The summed E-state index contributed by atoms with van der Waals surface area (Å²) in [6.07, 6.45) is 6.02. The number of fused-ring (bicyclic) bond motifs is 1. The minimum Gasteiger partial charge on any atom is -0.497 e. The number of rotatable bonds is 11. The molecule has 3 heterocycles. The molecule has 36 heavy (non-hydrogen) atoms. The summed E-state index contributed by atoms with van der Waals surface area (Å²) in [6, 6.07) is 11.7. The van der Waals surface area contributed by atoms with E-state index in [-0.39, 0.29) is 12.6 Å². The van der Waals surface area contributed by atoms with Crippen LogP contribution in [0.5, 0.6) is 11.5 Å². The minimum absolute atomic E-state index is 0.119. The number of pyridine rings is 2. The molecule has 4 N–H and O–H groups in total. The molecular formula is C28H33N5O3. The van der Waals surface area contributed by atoms with Gasteiger partial charge in [-0.05, 0) is 56.2 Å². The molecule has 1 unspecified atom stereocenters. The van der Waals surface area contributed by atoms with Gasteiger partial charge in [0.1, 0.15) is 29.6 Å². The van der Waals surface area contributed by atoms with Crippen LogP contribution in [-0.2, 0) is 0 Å². The van der Waals surface area contributed by atoms with E-state index in [9.17, 15) is 5.11 Å². The molecule has 1 aromatic carbocycles. The van der Waals surface area contributed by atoms with Crippen molar-refractivity contribution in [1.82, 2.24) is 15.0 Å². The van der Waals surface area contributed by atoms with Gasteiger partial charge >= 0.3 is 0 Å². The number of methoxy groups -OCH3 is 1. The van der Waals surface area contributed by atoms with E-state index in [0.717, 1.165) is 34.1 Å². The first-order chi connectivity index (χ1) is 17.4. The Balaban J connectivity index is 1.83. The molecule has 0 radical (unpaired) electrons. The average molecular weight is 488 g/mol. The number of ether oxygens (including phenoxy) is 2. The van der Waals surface area contributed by atoms with Gasteiger partial charge < -0.3 is 30.3 Å². The lowest BCUT2D eigenvalue weighted by atomic mass is 9.98. The molecule has 4 rings (SSSR count). The number of aromatic nitrogens is 3. The molecule has 8 heteroatoms. The first kappa shape index (κ1) is 25.2. The van der Waals surface area contributed by atoms with E-state index in [1.165, 1.54) is 6.21 Å². The summed E-state index contributed by atoms with van der Waals surface area (Å²) in [5.41, 5.74) is 4.73. The Morgan fingerprint density at radius 3 is 2.67 bits per heavy atom. The fourth-order valence-corrected chi connectivity index (χ4v) is 4.09. The SMILES string of the molecule is CCCC(O)COc1cc(OC)cc(-c2cc(-c3cnc4[nH]ccc4c3)c(C=N)c(NC(C)C)n2)c1. The van der Waals surface area contributed by atoms with Crippen LogP contribution in [0.1, 0.15) is 39.2 Å². The van der Waals surface area contributed by atoms with E-state index >= 15 is 0 Å². The predicted octanol–water partition coefficient (Wildman–Crippen LogP) is 5.66. The number of nitrogens with one attached hydrogen (secondary N) is 3. The summed E-state index contributed by atoms with van der Waals surface area (Å²) in [5, 5.41) is 22.7. The summed E-state index contributed by atoms with van der Waals surface area (Å²) in [5.74, 6) is 1.83. The van der Waals surface area contributed by atoms with Crippen molar-refractivity contribution in [2.24, 2.45) is 0 Å². The number of H-pyrrole nitrogens is 1. The van der Waals surface area contributed by atoms with Gasteiger partial charge in [-0.15, -0.1) is 0 Å². The molecule has 3 aromatic heterocycles. The zero-order chi connectivity index (χ0) is 25.7. The number of hydrogen-bond acceptors (Lipinski definition) is 7. The zero-order valence-electron chi connectivity index (χ0n) is 21.1. The van der Waals surface area contributed by atoms with Gasteiger partial charge in [-0.1, -0.05) is 13.3 Å². The lowest BCUT2D eigenvalue weighted by molar-refractivity contribution is 0.0992. The van der Waals surface area contributed by atoms with E-state index in [4.69, 9.17) is 19.9 Å². The number of benzene rings is 1. The van der Waals surface area contributed by atoms with Gasteiger partial charge in [-0.3, -0.25) is 0 Å². The molecule has 1 atom stereocenters. The van der Waals surface area contributed by atoms with Gasteiger partial charge in [0, 0.05) is 52.8 Å². The quantitative estimate of drug-likeness (QED) is 0.203. The van der Waals surface area contributed by atoms with Crippen LogP contribution < -0.4 is 14.8 Å². The van der Waals surface area contributed by atoms with E-state index in [0.29, 0.717) is 35.0 Å². The minimum atomic E-state index is -0.529. The maximum atomic E-state index is 10.1. The van der Waals surface area contributed by atoms with Crippen LogP contribution in [-0.4, -0.2) is 52.1 Å². The van der Waals surface area contributed by atoms with Crippen LogP contribution in [0.15, 0.2) is 48.8 Å². The highest BCUT2D eigenvalue weighted by Crippen LogP contribution is 2.35. The van der Waals surface area contributed by atoms with Gasteiger partial charge in [0.2, 0.25) is 0 Å². The maximum absolute atomic E-state index is 10.1. The van der Waals surface area contributed by atoms with E-state index < -0.39 is 6.10 Å². The van der Waals surface area contributed by atoms with Gasteiger partial charge in [0.25, 0.3) is 0 Å². The standard InChI is InChI=1S/C28H33N5O3/c1-5-6-21(34)16-36-23-11-19(10-22(12-23)35-4)26-13-24(25(14-29)28(33-26)32-17(2)3)20-9-18-7-8-30-27(18)31-15-20/h7-15,17,21,29,34H,5-6,16H2,1-4H3,(H,30,31)(H,32,33). The Labute approximate surface area is 211 Å². The lowest BCUT2D eigenvalue weighted by Gasteiger charge is -2.18. The highest BCUT2D eigenvalue weighted by molar-refractivity contribution is 5.97. The molecule has 0 spiro atoms. The van der Waals surface area contributed by atoms with Crippen molar-refractivity contribution in [3.05, 3.63) is 54.4 Å². The van der Waals surface area contributed by atoms with Crippen molar-refractivity contribution < 1.29 is 14.6 Å². The van der Waals surface area contributed by atoms with Crippen LogP contribution in [0.2, 0.25) is 0 Å². The average Bonchev–Trinajstić information content (AvgIpc) is 3.34. The lowest BCUT2D eigenvalue weighted by Crippen LogP contribution is -2.17. The number of anilines is 1. The van der Waals surface area contributed by atoms with E-state index in [1.807, 2.05) is 51.2 Å². The summed E-state index contributed by atoms with van der Waals surface area (Å²) in [7, 11) is 1.61. The molecule has 0 amide bonds. The molecule has 0 saturated heterocycles. The van der Waals surface area contributed by atoms with Crippen molar-refractivity contribution >= 4 is 23.1 Å². The summed E-state index contributed by atoms with van der Waals surface area (Å²) < 4.78 is 11.4. The Hall–Kier alpha value is -3.91. The molecule has 0 fully saturated rings. The molecule has 188 valence electrons. The Morgan fingerprint density at radius 1 is 1.14 bits per heavy atom. The zero-order valence-corrected chi connectivity index (χ0v) is 21.1. The Bertz CT molecular complexity index is 1350. The Kier molecular flexibility index (Phi) is 7.85. The highest BCUT2D eigenvalue weighted by atomic mass is 16.5.